The van der Waals surface area contributed by atoms with E-state index in [0.29, 0.717) is 35.7 Å². The smallest absolute Gasteiger partial charge is 0.277 e. The van der Waals surface area contributed by atoms with Gasteiger partial charge in [-0.3, -0.25) is 14.4 Å². The molecule has 2 atom stereocenters. The number of carbonyl (C=O) groups excluding carboxylic acids is 3. The van der Waals surface area contributed by atoms with Crippen molar-refractivity contribution in [2.75, 3.05) is 23.5 Å². The molecule has 1 aliphatic carbocycles. The molecule has 3 amide bonds. The zero-order valence-corrected chi connectivity index (χ0v) is 19.3. The quantitative estimate of drug-likeness (QED) is 0.615. The van der Waals surface area contributed by atoms with Gasteiger partial charge in [0, 0.05) is 35.4 Å². The Labute approximate surface area is 202 Å². The predicted molar refractivity (Wildman–Crippen MR) is 129 cm³/mol. The van der Waals surface area contributed by atoms with Crippen LogP contribution in [-0.2, 0) is 11.2 Å². The summed E-state index contributed by atoms with van der Waals surface area (Å²) in [5, 5.41) is 4.40. The van der Waals surface area contributed by atoms with Crippen LogP contribution in [0.15, 0.2) is 48.5 Å². The molecule has 1 unspecified atom stereocenters. The van der Waals surface area contributed by atoms with Gasteiger partial charge >= 0.3 is 0 Å². The van der Waals surface area contributed by atoms with E-state index in [1.807, 2.05) is 29.2 Å². The fourth-order valence-electron chi connectivity index (χ4n) is 5.64. The number of benzene rings is 2. The number of primary amides is 1. The second kappa shape index (κ2) is 7.97. The minimum atomic E-state index is -0.663. The van der Waals surface area contributed by atoms with Gasteiger partial charge in [0.15, 0.2) is 5.69 Å². The van der Waals surface area contributed by atoms with Gasteiger partial charge in [-0.05, 0) is 74.2 Å². The molecular formula is C26H25N5O4. The van der Waals surface area contributed by atoms with Crippen LogP contribution in [0.3, 0.4) is 0 Å². The molecule has 3 aliphatic rings. The minimum Gasteiger partial charge on any atom is -0.497 e. The van der Waals surface area contributed by atoms with Crippen molar-refractivity contribution in [2.24, 2.45) is 11.7 Å². The molecule has 3 aromatic rings. The van der Waals surface area contributed by atoms with Gasteiger partial charge < -0.3 is 20.3 Å². The van der Waals surface area contributed by atoms with Crippen molar-refractivity contribution < 1.29 is 19.1 Å². The van der Waals surface area contributed by atoms with Crippen LogP contribution in [0.2, 0.25) is 0 Å². The number of hydrogen-bond donors (Lipinski definition) is 1. The Hall–Kier alpha value is -4.14. The van der Waals surface area contributed by atoms with Gasteiger partial charge in [0.25, 0.3) is 11.8 Å². The van der Waals surface area contributed by atoms with Gasteiger partial charge in [-0.2, -0.15) is 5.10 Å². The molecule has 2 fully saturated rings. The van der Waals surface area contributed by atoms with Crippen molar-refractivity contribution in [3.63, 3.8) is 0 Å². The third-order valence-electron chi connectivity index (χ3n) is 7.36. The molecule has 2 N–H and O–H groups in total. The lowest BCUT2D eigenvalue weighted by Crippen LogP contribution is -2.39. The monoisotopic (exact) mass is 471 g/mol. The van der Waals surface area contributed by atoms with Crippen molar-refractivity contribution in [1.82, 2.24) is 9.78 Å². The summed E-state index contributed by atoms with van der Waals surface area (Å²) >= 11 is 0. The van der Waals surface area contributed by atoms with Gasteiger partial charge in [0.05, 0.1) is 12.8 Å². The number of amides is 3. The molecule has 1 saturated heterocycles. The average molecular weight is 472 g/mol. The van der Waals surface area contributed by atoms with Crippen LogP contribution in [0.1, 0.15) is 45.8 Å². The molecule has 2 bridgehead atoms. The zero-order chi connectivity index (χ0) is 24.3. The third kappa shape index (κ3) is 3.30. The lowest BCUT2D eigenvalue weighted by Gasteiger charge is -2.30. The fourth-order valence-corrected chi connectivity index (χ4v) is 5.64. The standard InChI is InChI=1S/C26H25N5O4/c1-35-20-10-8-18(9-11-20)31-23-21(22(28-31)24(27)32)12-13-29(26(23)34)16-4-6-17(7-5-16)30-19-3-2-15(14-19)25(30)33/h4-11,15,19H,2-3,12-14H2,1H3,(H2,27,32)/t15-,19?/m0/s1. The second-order valence-electron chi connectivity index (χ2n) is 9.25. The SMILES string of the molecule is COc1ccc(-n2nc(C(N)=O)c3c2C(=O)N(c2ccc(N4C(=O)[C@H]5CCC4C5)cc2)CC3)cc1. The molecule has 0 spiro atoms. The van der Waals surface area contributed by atoms with Crippen LogP contribution in [0.25, 0.3) is 5.69 Å². The van der Waals surface area contributed by atoms with Crippen LogP contribution in [-0.4, -0.2) is 47.2 Å². The number of fused-ring (bicyclic) bond motifs is 3. The summed E-state index contributed by atoms with van der Waals surface area (Å²) in [5.74, 6) is 0.104. The van der Waals surface area contributed by atoms with Gasteiger partial charge in [-0.1, -0.05) is 0 Å². The normalized spacial score (nSPS) is 20.9. The van der Waals surface area contributed by atoms with E-state index in [2.05, 4.69) is 5.10 Å². The van der Waals surface area contributed by atoms with Crippen molar-refractivity contribution in [1.29, 1.82) is 0 Å². The summed E-state index contributed by atoms with van der Waals surface area (Å²) in [5.41, 5.74) is 8.81. The number of ether oxygens (including phenoxy) is 1. The molecule has 2 aliphatic heterocycles. The number of hydrogen-bond acceptors (Lipinski definition) is 5. The summed E-state index contributed by atoms with van der Waals surface area (Å²) in [6.45, 7) is 0.396. The van der Waals surface area contributed by atoms with Crippen LogP contribution < -0.4 is 20.3 Å². The van der Waals surface area contributed by atoms with E-state index in [1.54, 1.807) is 36.3 Å². The lowest BCUT2D eigenvalue weighted by atomic mass is 10.0. The second-order valence-corrected chi connectivity index (χ2v) is 9.25. The largest absolute Gasteiger partial charge is 0.497 e. The molecule has 1 saturated carbocycles. The number of aromatic nitrogens is 2. The first-order chi connectivity index (χ1) is 17.0. The first kappa shape index (κ1) is 21.4. The Balaban J connectivity index is 1.34. The van der Waals surface area contributed by atoms with E-state index in [4.69, 9.17) is 10.5 Å². The number of anilines is 2. The molecule has 3 heterocycles. The van der Waals surface area contributed by atoms with E-state index in [9.17, 15) is 14.4 Å². The van der Waals surface area contributed by atoms with Crippen LogP contribution >= 0.6 is 0 Å². The summed E-state index contributed by atoms with van der Waals surface area (Å²) in [4.78, 5) is 42.0. The van der Waals surface area contributed by atoms with Crippen molar-refractivity contribution in [2.45, 2.75) is 31.7 Å². The van der Waals surface area contributed by atoms with Crippen molar-refractivity contribution in [3.05, 3.63) is 65.5 Å². The highest BCUT2D eigenvalue weighted by Crippen LogP contribution is 2.41. The first-order valence-electron chi connectivity index (χ1n) is 11.8. The number of methoxy groups -OCH3 is 1. The summed E-state index contributed by atoms with van der Waals surface area (Å²) < 4.78 is 6.71. The van der Waals surface area contributed by atoms with E-state index >= 15 is 0 Å². The van der Waals surface area contributed by atoms with Gasteiger partial charge in [0.2, 0.25) is 5.91 Å². The van der Waals surface area contributed by atoms with Crippen molar-refractivity contribution >= 4 is 29.1 Å². The highest BCUT2D eigenvalue weighted by molar-refractivity contribution is 6.09. The van der Waals surface area contributed by atoms with E-state index in [-0.39, 0.29) is 29.5 Å². The number of nitrogens with zero attached hydrogens (tertiary/aromatic N) is 4. The maximum Gasteiger partial charge on any atom is 0.277 e. The summed E-state index contributed by atoms with van der Waals surface area (Å²) in [7, 11) is 1.58. The molecule has 178 valence electrons. The van der Waals surface area contributed by atoms with Crippen molar-refractivity contribution in [3.8, 4) is 11.4 Å². The predicted octanol–water partition coefficient (Wildman–Crippen LogP) is 2.70. The third-order valence-corrected chi connectivity index (χ3v) is 7.36. The Kier molecular flexibility index (Phi) is 4.87. The van der Waals surface area contributed by atoms with Gasteiger partial charge in [-0.15, -0.1) is 0 Å². The Morgan fingerprint density at radius 2 is 1.69 bits per heavy atom. The highest BCUT2D eigenvalue weighted by Gasteiger charge is 2.45. The maximum atomic E-state index is 13.7. The Morgan fingerprint density at radius 3 is 2.31 bits per heavy atom. The van der Waals surface area contributed by atoms with E-state index < -0.39 is 5.91 Å². The first-order valence-corrected chi connectivity index (χ1v) is 11.8. The summed E-state index contributed by atoms with van der Waals surface area (Å²) in [6.07, 6.45) is 3.41. The molecule has 1 aromatic heterocycles. The van der Waals surface area contributed by atoms with Crippen LogP contribution in [0.5, 0.6) is 5.75 Å². The average Bonchev–Trinajstić information content (AvgIpc) is 3.58. The number of rotatable bonds is 5. The molecule has 9 nitrogen and oxygen atoms in total. The number of nitrogens with two attached hydrogens (primary N) is 1. The molecule has 6 rings (SSSR count). The lowest BCUT2D eigenvalue weighted by molar-refractivity contribution is -0.121. The zero-order valence-electron chi connectivity index (χ0n) is 19.3. The molecule has 35 heavy (non-hydrogen) atoms. The van der Waals surface area contributed by atoms with Crippen LogP contribution in [0.4, 0.5) is 11.4 Å². The van der Waals surface area contributed by atoms with E-state index in [1.165, 1.54) is 4.68 Å². The fraction of sp³-hybridized carbons (Fsp3) is 0.308. The van der Waals surface area contributed by atoms with E-state index in [0.717, 1.165) is 30.6 Å². The molecule has 2 aromatic carbocycles. The summed E-state index contributed by atoms with van der Waals surface area (Å²) in [6, 6.07) is 14.9. The Morgan fingerprint density at radius 1 is 1.00 bits per heavy atom. The topological polar surface area (TPSA) is 111 Å². The highest BCUT2D eigenvalue weighted by atomic mass is 16.5. The number of carbonyl (C=O) groups is 3. The van der Waals surface area contributed by atoms with Gasteiger partial charge in [0.1, 0.15) is 11.4 Å². The van der Waals surface area contributed by atoms with Crippen LogP contribution in [0, 0.1) is 5.92 Å². The number of piperidine rings is 1. The maximum absolute atomic E-state index is 13.7. The molecule has 9 heteroatoms. The molecule has 0 radical (unpaired) electrons. The minimum absolute atomic E-state index is 0.113. The van der Waals surface area contributed by atoms with Gasteiger partial charge in [-0.25, -0.2) is 4.68 Å². The molecular weight excluding hydrogens is 446 g/mol. The Bertz CT molecular complexity index is 1350.